The molecular formula is C12H14FNO. The third-order valence-electron chi connectivity index (χ3n) is 1.97. The van der Waals surface area contributed by atoms with Crippen LogP contribution in [0.3, 0.4) is 0 Å². The highest BCUT2D eigenvalue weighted by molar-refractivity contribution is 5.76. The largest absolute Gasteiger partial charge is 0.353 e. The minimum atomic E-state index is -0.265. The predicted molar refractivity (Wildman–Crippen MR) is 57.9 cm³/mol. The van der Waals surface area contributed by atoms with Crippen molar-refractivity contribution >= 4 is 5.91 Å². The number of benzene rings is 1. The Bertz CT molecular complexity index is 349. The molecule has 0 saturated carbocycles. The molecule has 0 aliphatic carbocycles. The monoisotopic (exact) mass is 207 g/mol. The molecule has 0 radical (unpaired) electrons. The molecule has 80 valence electrons. The molecule has 1 aromatic carbocycles. The number of aryl methyl sites for hydroxylation is 1. The zero-order valence-corrected chi connectivity index (χ0v) is 8.50. The molecule has 2 nitrogen and oxygen atoms in total. The summed E-state index contributed by atoms with van der Waals surface area (Å²) in [5, 5.41) is 2.67. The molecule has 1 N–H and O–H groups in total. The van der Waals surface area contributed by atoms with Crippen LogP contribution in [-0.4, -0.2) is 12.5 Å². The van der Waals surface area contributed by atoms with Gasteiger partial charge in [-0.1, -0.05) is 18.2 Å². The number of halogens is 1. The number of carbonyl (C=O) groups excluding carboxylic acids is 1. The van der Waals surface area contributed by atoms with E-state index in [1.807, 2.05) is 6.07 Å². The minimum Gasteiger partial charge on any atom is -0.353 e. The van der Waals surface area contributed by atoms with Gasteiger partial charge in [-0.2, -0.15) is 0 Å². The number of carbonyl (C=O) groups is 1. The zero-order chi connectivity index (χ0) is 11.1. The van der Waals surface area contributed by atoms with Crippen LogP contribution >= 0.6 is 0 Å². The maximum atomic E-state index is 12.8. The van der Waals surface area contributed by atoms with Crippen molar-refractivity contribution in [3.63, 3.8) is 0 Å². The summed E-state index contributed by atoms with van der Waals surface area (Å²) < 4.78 is 12.8. The molecule has 0 saturated heterocycles. The molecule has 0 aromatic heterocycles. The van der Waals surface area contributed by atoms with Gasteiger partial charge in [-0.3, -0.25) is 4.79 Å². The number of nitrogens with one attached hydrogen (secondary N) is 1. The minimum absolute atomic E-state index is 0.0424. The van der Waals surface area contributed by atoms with Crippen LogP contribution in [0, 0.1) is 5.82 Å². The third kappa shape index (κ3) is 4.40. The molecule has 0 bridgehead atoms. The van der Waals surface area contributed by atoms with Gasteiger partial charge >= 0.3 is 0 Å². The molecule has 15 heavy (non-hydrogen) atoms. The molecule has 0 unspecified atom stereocenters. The van der Waals surface area contributed by atoms with Crippen molar-refractivity contribution in [2.75, 3.05) is 6.54 Å². The first-order valence-corrected chi connectivity index (χ1v) is 4.84. The van der Waals surface area contributed by atoms with E-state index < -0.39 is 0 Å². The molecule has 0 heterocycles. The topological polar surface area (TPSA) is 29.1 Å². The van der Waals surface area contributed by atoms with Crippen LogP contribution in [0.4, 0.5) is 4.39 Å². The third-order valence-corrected chi connectivity index (χ3v) is 1.97. The normalized spacial score (nSPS) is 9.67. The van der Waals surface area contributed by atoms with Gasteiger partial charge in [0.2, 0.25) is 5.91 Å². The average molecular weight is 207 g/mol. The smallest absolute Gasteiger partial charge is 0.220 e. The molecule has 0 aliphatic rings. The summed E-state index contributed by atoms with van der Waals surface area (Å²) in [5.74, 6) is -0.307. The van der Waals surface area contributed by atoms with E-state index in [1.165, 1.54) is 12.1 Å². The first kappa shape index (κ1) is 11.4. The van der Waals surface area contributed by atoms with Gasteiger partial charge in [0.1, 0.15) is 5.82 Å². The van der Waals surface area contributed by atoms with E-state index in [1.54, 1.807) is 12.1 Å². The SMILES string of the molecule is C=CCNC(=O)CCc1cccc(F)c1. The van der Waals surface area contributed by atoms with Crippen molar-refractivity contribution in [1.29, 1.82) is 0 Å². The van der Waals surface area contributed by atoms with E-state index >= 15 is 0 Å². The highest BCUT2D eigenvalue weighted by Gasteiger charge is 2.01. The summed E-state index contributed by atoms with van der Waals surface area (Å²) in [6, 6.07) is 6.29. The van der Waals surface area contributed by atoms with Crippen LogP contribution in [0.5, 0.6) is 0 Å². The first-order valence-electron chi connectivity index (χ1n) is 4.84. The summed E-state index contributed by atoms with van der Waals surface area (Å²) in [7, 11) is 0. The van der Waals surface area contributed by atoms with Crippen LogP contribution in [0.15, 0.2) is 36.9 Å². The van der Waals surface area contributed by atoms with Crippen LogP contribution in [0.2, 0.25) is 0 Å². The van der Waals surface area contributed by atoms with Gasteiger partial charge in [0, 0.05) is 13.0 Å². The standard InChI is InChI=1S/C12H14FNO/c1-2-8-14-12(15)7-6-10-4-3-5-11(13)9-10/h2-5,9H,1,6-8H2,(H,14,15). The Morgan fingerprint density at radius 1 is 1.53 bits per heavy atom. The highest BCUT2D eigenvalue weighted by Crippen LogP contribution is 2.05. The number of hydrogen-bond donors (Lipinski definition) is 1. The van der Waals surface area contributed by atoms with Gasteiger partial charge in [-0.15, -0.1) is 6.58 Å². The van der Waals surface area contributed by atoms with Crippen LogP contribution < -0.4 is 5.32 Å². The van der Waals surface area contributed by atoms with E-state index in [2.05, 4.69) is 11.9 Å². The van der Waals surface area contributed by atoms with Crippen molar-refractivity contribution in [1.82, 2.24) is 5.32 Å². The molecule has 3 heteroatoms. The second kappa shape index (κ2) is 5.96. The Labute approximate surface area is 88.8 Å². The second-order valence-electron chi connectivity index (χ2n) is 3.22. The first-order chi connectivity index (χ1) is 7.22. The number of hydrogen-bond acceptors (Lipinski definition) is 1. The fourth-order valence-electron chi connectivity index (χ4n) is 1.22. The molecule has 1 aromatic rings. The quantitative estimate of drug-likeness (QED) is 0.736. The van der Waals surface area contributed by atoms with E-state index in [4.69, 9.17) is 0 Å². The van der Waals surface area contributed by atoms with E-state index in [-0.39, 0.29) is 11.7 Å². The summed E-state index contributed by atoms with van der Waals surface area (Å²) >= 11 is 0. The molecule has 0 spiro atoms. The van der Waals surface area contributed by atoms with Crippen molar-refractivity contribution in [3.05, 3.63) is 48.3 Å². The summed E-state index contributed by atoms with van der Waals surface area (Å²) in [4.78, 5) is 11.2. The van der Waals surface area contributed by atoms with E-state index in [0.717, 1.165) is 5.56 Å². The van der Waals surface area contributed by atoms with Crippen molar-refractivity contribution < 1.29 is 9.18 Å². The Morgan fingerprint density at radius 2 is 2.33 bits per heavy atom. The summed E-state index contributed by atoms with van der Waals surface area (Å²) in [5.41, 5.74) is 0.837. The zero-order valence-electron chi connectivity index (χ0n) is 8.50. The molecule has 1 amide bonds. The molecular weight excluding hydrogens is 193 g/mol. The maximum absolute atomic E-state index is 12.8. The van der Waals surface area contributed by atoms with Gasteiger partial charge in [-0.25, -0.2) is 4.39 Å². The Morgan fingerprint density at radius 3 is 3.00 bits per heavy atom. The lowest BCUT2D eigenvalue weighted by molar-refractivity contribution is -0.120. The molecule has 0 aliphatic heterocycles. The fourth-order valence-corrected chi connectivity index (χ4v) is 1.22. The van der Waals surface area contributed by atoms with E-state index in [9.17, 15) is 9.18 Å². The number of rotatable bonds is 5. The van der Waals surface area contributed by atoms with E-state index in [0.29, 0.717) is 19.4 Å². The molecule has 0 atom stereocenters. The van der Waals surface area contributed by atoms with Gasteiger partial charge in [-0.05, 0) is 24.1 Å². The van der Waals surface area contributed by atoms with Crippen LogP contribution in [0.25, 0.3) is 0 Å². The van der Waals surface area contributed by atoms with Gasteiger partial charge in [0.15, 0.2) is 0 Å². The fraction of sp³-hybridized carbons (Fsp3) is 0.250. The van der Waals surface area contributed by atoms with Crippen molar-refractivity contribution in [3.8, 4) is 0 Å². The van der Waals surface area contributed by atoms with Crippen LogP contribution in [0.1, 0.15) is 12.0 Å². The predicted octanol–water partition coefficient (Wildman–Crippen LogP) is 2.06. The van der Waals surface area contributed by atoms with Crippen LogP contribution in [-0.2, 0) is 11.2 Å². The second-order valence-corrected chi connectivity index (χ2v) is 3.22. The Hall–Kier alpha value is -1.64. The highest BCUT2D eigenvalue weighted by atomic mass is 19.1. The lowest BCUT2D eigenvalue weighted by Gasteiger charge is -2.02. The van der Waals surface area contributed by atoms with Gasteiger partial charge in [0.05, 0.1) is 0 Å². The lowest BCUT2D eigenvalue weighted by Crippen LogP contribution is -2.23. The lowest BCUT2D eigenvalue weighted by atomic mass is 10.1. The molecule has 0 fully saturated rings. The Balaban J connectivity index is 2.36. The van der Waals surface area contributed by atoms with Crippen molar-refractivity contribution in [2.24, 2.45) is 0 Å². The average Bonchev–Trinajstić information content (AvgIpc) is 2.23. The van der Waals surface area contributed by atoms with Gasteiger partial charge < -0.3 is 5.32 Å². The van der Waals surface area contributed by atoms with Crippen molar-refractivity contribution in [2.45, 2.75) is 12.8 Å². The Kier molecular flexibility index (Phi) is 4.54. The maximum Gasteiger partial charge on any atom is 0.220 e. The summed E-state index contributed by atoms with van der Waals surface area (Å²) in [6.07, 6.45) is 2.55. The van der Waals surface area contributed by atoms with Gasteiger partial charge in [0.25, 0.3) is 0 Å². The number of amides is 1. The molecule has 1 rings (SSSR count). The summed E-state index contributed by atoms with van der Waals surface area (Å²) in [6.45, 7) is 3.97.